The molecule has 0 radical (unpaired) electrons. The zero-order valence-corrected chi connectivity index (χ0v) is 12.9. The number of amides is 1. The van der Waals surface area contributed by atoms with Crippen LogP contribution >= 0.6 is 0 Å². The summed E-state index contributed by atoms with van der Waals surface area (Å²) in [5.74, 6) is 0.947. The van der Waals surface area contributed by atoms with E-state index in [4.69, 9.17) is 9.47 Å². The Morgan fingerprint density at radius 1 is 1.22 bits per heavy atom. The fourth-order valence-corrected chi connectivity index (χ4v) is 1.85. The van der Waals surface area contributed by atoms with E-state index in [9.17, 15) is 4.79 Å². The Hall–Kier alpha value is -3.08. The van der Waals surface area contributed by atoms with Crippen LogP contribution in [0.4, 0.5) is 0 Å². The summed E-state index contributed by atoms with van der Waals surface area (Å²) in [7, 11) is 1.56. The summed E-state index contributed by atoms with van der Waals surface area (Å²) in [5.41, 5.74) is 3.81. The van der Waals surface area contributed by atoms with E-state index < -0.39 is 0 Å². The van der Waals surface area contributed by atoms with Crippen molar-refractivity contribution >= 4 is 12.1 Å². The maximum atomic E-state index is 11.9. The molecule has 2 aromatic rings. The van der Waals surface area contributed by atoms with Crippen molar-refractivity contribution in [3.63, 3.8) is 0 Å². The number of hydrogen-bond donors (Lipinski definition) is 1. The number of rotatable bonds is 7. The number of nitrogens with one attached hydrogen (secondary N) is 1. The number of ether oxygens (including phenoxy) is 2. The van der Waals surface area contributed by atoms with Gasteiger partial charge in [0.2, 0.25) is 0 Å². The standard InChI is InChI=1S/C18H18N2O3/c1-3-11-23-16-10-9-14(12-17(16)22-2)13-19-20-18(21)15-7-5-4-6-8-15/h3-10,12-13H,1,11H2,2H3,(H,20,21)/b19-13+. The largest absolute Gasteiger partial charge is 0.493 e. The lowest BCUT2D eigenvalue weighted by atomic mass is 10.2. The lowest BCUT2D eigenvalue weighted by Crippen LogP contribution is -2.17. The van der Waals surface area contributed by atoms with Gasteiger partial charge in [0.05, 0.1) is 13.3 Å². The van der Waals surface area contributed by atoms with Crippen LogP contribution in [0.2, 0.25) is 0 Å². The van der Waals surface area contributed by atoms with Gasteiger partial charge in [-0.25, -0.2) is 5.43 Å². The third-order valence-corrected chi connectivity index (χ3v) is 2.96. The van der Waals surface area contributed by atoms with Crippen LogP contribution in [0, 0.1) is 0 Å². The first-order chi connectivity index (χ1) is 11.2. The SMILES string of the molecule is C=CCOc1ccc(/C=N/NC(=O)c2ccccc2)cc1OC. The molecule has 0 saturated heterocycles. The lowest BCUT2D eigenvalue weighted by molar-refractivity contribution is 0.0955. The molecule has 2 rings (SSSR count). The van der Waals surface area contributed by atoms with Gasteiger partial charge < -0.3 is 9.47 Å². The van der Waals surface area contributed by atoms with Crippen molar-refractivity contribution in [1.29, 1.82) is 0 Å². The summed E-state index contributed by atoms with van der Waals surface area (Å²) in [6, 6.07) is 14.3. The number of methoxy groups -OCH3 is 1. The first-order valence-corrected chi connectivity index (χ1v) is 7.04. The molecule has 1 N–H and O–H groups in total. The molecule has 0 aliphatic heterocycles. The minimum absolute atomic E-state index is 0.264. The Labute approximate surface area is 135 Å². The number of carbonyl (C=O) groups is 1. The van der Waals surface area contributed by atoms with E-state index in [2.05, 4.69) is 17.1 Å². The number of hydrazone groups is 1. The van der Waals surface area contributed by atoms with E-state index >= 15 is 0 Å². The van der Waals surface area contributed by atoms with Crippen molar-refractivity contribution in [2.45, 2.75) is 0 Å². The highest BCUT2D eigenvalue weighted by molar-refractivity contribution is 5.94. The predicted molar refractivity (Wildman–Crippen MR) is 90.2 cm³/mol. The smallest absolute Gasteiger partial charge is 0.271 e. The van der Waals surface area contributed by atoms with Crippen LogP contribution in [0.3, 0.4) is 0 Å². The minimum Gasteiger partial charge on any atom is -0.493 e. The maximum Gasteiger partial charge on any atom is 0.271 e. The molecule has 23 heavy (non-hydrogen) atoms. The van der Waals surface area contributed by atoms with Gasteiger partial charge in [-0.3, -0.25) is 4.79 Å². The quantitative estimate of drug-likeness (QED) is 0.486. The van der Waals surface area contributed by atoms with E-state index in [0.29, 0.717) is 23.7 Å². The van der Waals surface area contributed by atoms with Crippen LogP contribution < -0.4 is 14.9 Å². The summed E-state index contributed by atoms with van der Waals surface area (Å²) in [4.78, 5) is 11.9. The van der Waals surface area contributed by atoms with E-state index in [1.54, 1.807) is 55.8 Å². The first kappa shape index (κ1) is 16.3. The van der Waals surface area contributed by atoms with Crippen molar-refractivity contribution in [2.75, 3.05) is 13.7 Å². The Bertz CT molecular complexity index is 697. The van der Waals surface area contributed by atoms with E-state index in [1.807, 2.05) is 12.1 Å². The molecule has 2 aromatic carbocycles. The second kappa shape index (κ2) is 8.38. The molecule has 0 saturated carbocycles. The van der Waals surface area contributed by atoms with Crippen LogP contribution in [0.1, 0.15) is 15.9 Å². The number of carbonyl (C=O) groups excluding carboxylic acids is 1. The van der Waals surface area contributed by atoms with Crippen LogP contribution in [0.5, 0.6) is 11.5 Å². The van der Waals surface area contributed by atoms with Crippen LogP contribution in [0.25, 0.3) is 0 Å². The molecule has 0 heterocycles. The van der Waals surface area contributed by atoms with Gasteiger partial charge in [0.25, 0.3) is 5.91 Å². The molecule has 118 valence electrons. The highest BCUT2D eigenvalue weighted by Crippen LogP contribution is 2.27. The van der Waals surface area contributed by atoms with Crippen LogP contribution in [-0.4, -0.2) is 25.8 Å². The zero-order chi connectivity index (χ0) is 16.5. The second-order valence-corrected chi connectivity index (χ2v) is 4.58. The summed E-state index contributed by atoms with van der Waals surface area (Å²) < 4.78 is 10.7. The van der Waals surface area contributed by atoms with Crippen molar-refractivity contribution < 1.29 is 14.3 Å². The topological polar surface area (TPSA) is 59.9 Å². The van der Waals surface area contributed by atoms with Crippen LogP contribution in [-0.2, 0) is 0 Å². The second-order valence-electron chi connectivity index (χ2n) is 4.58. The molecule has 1 amide bonds. The highest BCUT2D eigenvalue weighted by Gasteiger charge is 2.05. The fraction of sp³-hybridized carbons (Fsp3) is 0.111. The third kappa shape index (κ3) is 4.71. The highest BCUT2D eigenvalue weighted by atomic mass is 16.5. The van der Waals surface area contributed by atoms with E-state index in [0.717, 1.165) is 5.56 Å². The van der Waals surface area contributed by atoms with Crippen molar-refractivity contribution in [2.24, 2.45) is 5.10 Å². The minimum atomic E-state index is -0.264. The molecule has 5 heteroatoms. The lowest BCUT2D eigenvalue weighted by Gasteiger charge is -2.09. The van der Waals surface area contributed by atoms with Crippen molar-refractivity contribution in [3.05, 3.63) is 72.3 Å². The molecule has 0 aromatic heterocycles. The van der Waals surface area contributed by atoms with Crippen LogP contribution in [0.15, 0.2) is 66.3 Å². The summed E-state index contributed by atoms with van der Waals surface area (Å²) >= 11 is 0. The monoisotopic (exact) mass is 310 g/mol. The maximum absolute atomic E-state index is 11.9. The van der Waals surface area contributed by atoms with E-state index in [1.165, 1.54) is 0 Å². The molecule has 0 aliphatic rings. The van der Waals surface area contributed by atoms with Crippen molar-refractivity contribution in [1.82, 2.24) is 5.43 Å². The van der Waals surface area contributed by atoms with Gasteiger partial charge in [0, 0.05) is 5.56 Å². The molecule has 0 fully saturated rings. The summed E-state index contributed by atoms with van der Waals surface area (Å²) in [6.45, 7) is 4.00. The molecule has 0 spiro atoms. The Morgan fingerprint density at radius 2 is 2.00 bits per heavy atom. The van der Waals surface area contributed by atoms with Gasteiger partial charge in [-0.1, -0.05) is 30.9 Å². The van der Waals surface area contributed by atoms with Gasteiger partial charge in [-0.2, -0.15) is 5.10 Å². The fourth-order valence-electron chi connectivity index (χ4n) is 1.85. The number of hydrogen-bond acceptors (Lipinski definition) is 4. The average Bonchev–Trinajstić information content (AvgIpc) is 2.61. The van der Waals surface area contributed by atoms with Gasteiger partial charge >= 0.3 is 0 Å². The number of nitrogens with zero attached hydrogens (tertiary/aromatic N) is 1. The van der Waals surface area contributed by atoms with Gasteiger partial charge in [-0.15, -0.1) is 0 Å². The van der Waals surface area contributed by atoms with Crippen molar-refractivity contribution in [3.8, 4) is 11.5 Å². The Balaban J connectivity index is 2.02. The molecule has 0 unspecified atom stereocenters. The summed E-state index contributed by atoms with van der Waals surface area (Å²) in [5, 5.41) is 3.95. The summed E-state index contributed by atoms with van der Waals surface area (Å²) in [6.07, 6.45) is 3.20. The normalized spacial score (nSPS) is 10.3. The molecular weight excluding hydrogens is 292 g/mol. The number of benzene rings is 2. The van der Waals surface area contributed by atoms with E-state index in [-0.39, 0.29) is 5.91 Å². The predicted octanol–water partition coefficient (Wildman–Crippen LogP) is 3.02. The van der Waals surface area contributed by atoms with Gasteiger partial charge in [-0.05, 0) is 35.9 Å². The van der Waals surface area contributed by atoms with Gasteiger partial charge in [0.15, 0.2) is 11.5 Å². The molecule has 0 aliphatic carbocycles. The third-order valence-electron chi connectivity index (χ3n) is 2.96. The van der Waals surface area contributed by atoms with Gasteiger partial charge in [0.1, 0.15) is 6.61 Å². The molecular formula is C18H18N2O3. The molecule has 0 atom stereocenters. The Morgan fingerprint density at radius 3 is 2.70 bits per heavy atom. The first-order valence-electron chi connectivity index (χ1n) is 7.04. The zero-order valence-electron chi connectivity index (χ0n) is 12.9. The molecule has 5 nitrogen and oxygen atoms in total. The molecule has 0 bridgehead atoms. The average molecular weight is 310 g/mol. The Kier molecular flexibility index (Phi) is 5.94.